The predicted molar refractivity (Wildman–Crippen MR) is 64.8 cm³/mol. The summed E-state index contributed by atoms with van der Waals surface area (Å²) in [5.41, 5.74) is 0.791. The lowest BCUT2D eigenvalue weighted by molar-refractivity contribution is 0.333. The van der Waals surface area contributed by atoms with Gasteiger partial charge in [0.1, 0.15) is 0 Å². The summed E-state index contributed by atoms with van der Waals surface area (Å²) in [6, 6.07) is 7.48. The molecule has 1 aliphatic heterocycles. The number of nitrogens with one attached hydrogen (secondary N) is 1. The van der Waals surface area contributed by atoms with E-state index in [0.29, 0.717) is 16.8 Å². The van der Waals surface area contributed by atoms with E-state index in [1.165, 1.54) is 0 Å². The molecule has 17 heavy (non-hydrogen) atoms. The Morgan fingerprint density at radius 1 is 1.35 bits per heavy atom. The first-order valence-electron chi connectivity index (χ1n) is 5.61. The number of hydrogen-bond acceptors (Lipinski definition) is 4. The molecule has 1 aromatic heterocycles. The monoisotopic (exact) mass is 249 g/mol. The van der Waals surface area contributed by atoms with Gasteiger partial charge in [-0.05, 0) is 31.1 Å². The van der Waals surface area contributed by atoms with E-state index in [2.05, 4.69) is 15.5 Å². The van der Waals surface area contributed by atoms with Crippen LogP contribution in [0, 0.1) is 5.92 Å². The van der Waals surface area contributed by atoms with Crippen LogP contribution < -0.4 is 5.32 Å². The first kappa shape index (κ1) is 10.7. The molecule has 1 aliphatic rings. The Bertz CT molecular complexity index is 522. The summed E-state index contributed by atoms with van der Waals surface area (Å²) in [7, 11) is 0. The van der Waals surface area contributed by atoms with Gasteiger partial charge in [-0.2, -0.15) is 4.98 Å². The largest absolute Gasteiger partial charge is 0.334 e. The van der Waals surface area contributed by atoms with E-state index < -0.39 is 0 Å². The molecule has 0 radical (unpaired) electrons. The fourth-order valence-corrected chi connectivity index (χ4v) is 2.05. The maximum Gasteiger partial charge on any atom is 0.259 e. The molecule has 88 valence electrons. The maximum atomic E-state index is 6.07. The van der Waals surface area contributed by atoms with Gasteiger partial charge in [0.15, 0.2) is 5.82 Å². The second kappa shape index (κ2) is 4.47. The number of halogens is 1. The van der Waals surface area contributed by atoms with E-state index in [4.69, 9.17) is 16.1 Å². The summed E-state index contributed by atoms with van der Waals surface area (Å²) >= 11 is 6.07. The highest BCUT2D eigenvalue weighted by Crippen LogP contribution is 2.26. The van der Waals surface area contributed by atoms with Gasteiger partial charge in [-0.3, -0.25) is 0 Å². The minimum absolute atomic E-state index is 0.498. The molecule has 0 bridgehead atoms. The van der Waals surface area contributed by atoms with Crippen LogP contribution in [0.25, 0.3) is 11.5 Å². The molecule has 2 heterocycles. The van der Waals surface area contributed by atoms with Crippen LogP contribution in [0.2, 0.25) is 5.02 Å². The smallest absolute Gasteiger partial charge is 0.259 e. The molecule has 0 amide bonds. The number of rotatable bonds is 3. The van der Waals surface area contributed by atoms with Crippen molar-refractivity contribution in [2.45, 2.75) is 6.42 Å². The number of aromatic nitrogens is 2. The molecule has 0 atom stereocenters. The third-order valence-corrected chi connectivity index (χ3v) is 3.24. The van der Waals surface area contributed by atoms with Crippen LogP contribution in [0.5, 0.6) is 0 Å². The third kappa shape index (κ3) is 2.18. The normalized spacial score (nSPS) is 15.8. The Hall–Kier alpha value is -1.39. The molecular weight excluding hydrogens is 238 g/mol. The Morgan fingerprint density at radius 2 is 2.18 bits per heavy atom. The average molecular weight is 250 g/mol. The number of nitrogens with zero attached hydrogens (tertiary/aromatic N) is 2. The van der Waals surface area contributed by atoms with Crippen molar-refractivity contribution in [1.82, 2.24) is 15.5 Å². The van der Waals surface area contributed by atoms with Crippen LogP contribution >= 0.6 is 11.6 Å². The summed E-state index contributed by atoms with van der Waals surface area (Å²) in [4.78, 5) is 4.37. The second-order valence-electron chi connectivity index (χ2n) is 4.22. The second-order valence-corrected chi connectivity index (χ2v) is 4.63. The Kier molecular flexibility index (Phi) is 2.82. The number of hydrogen-bond donors (Lipinski definition) is 1. The molecule has 2 aromatic rings. The van der Waals surface area contributed by atoms with Crippen molar-refractivity contribution in [2.24, 2.45) is 5.92 Å². The molecule has 1 fully saturated rings. The Morgan fingerprint density at radius 3 is 2.88 bits per heavy atom. The maximum absolute atomic E-state index is 6.07. The lowest BCUT2D eigenvalue weighted by Crippen LogP contribution is -2.43. The first-order chi connectivity index (χ1) is 8.33. The molecular formula is C12H12ClN3O. The van der Waals surface area contributed by atoms with Crippen molar-refractivity contribution >= 4 is 11.6 Å². The van der Waals surface area contributed by atoms with Gasteiger partial charge >= 0.3 is 0 Å². The lowest BCUT2D eigenvalue weighted by atomic mass is 9.99. The zero-order valence-electron chi connectivity index (χ0n) is 9.19. The minimum atomic E-state index is 0.498. The van der Waals surface area contributed by atoms with Crippen molar-refractivity contribution in [3.8, 4) is 11.5 Å². The van der Waals surface area contributed by atoms with E-state index in [-0.39, 0.29) is 0 Å². The molecule has 0 saturated carbocycles. The van der Waals surface area contributed by atoms with Crippen LogP contribution in [0.4, 0.5) is 0 Å². The van der Waals surface area contributed by atoms with Crippen LogP contribution in [0.3, 0.4) is 0 Å². The molecule has 4 nitrogen and oxygen atoms in total. The van der Waals surface area contributed by atoms with E-state index >= 15 is 0 Å². The fourth-order valence-electron chi connectivity index (χ4n) is 1.83. The van der Waals surface area contributed by atoms with Gasteiger partial charge in [-0.1, -0.05) is 28.9 Å². The molecule has 0 unspecified atom stereocenters. The van der Waals surface area contributed by atoms with Crippen molar-refractivity contribution in [3.63, 3.8) is 0 Å². The van der Waals surface area contributed by atoms with Gasteiger partial charge in [0.05, 0.1) is 10.6 Å². The Labute approximate surface area is 104 Å². The van der Waals surface area contributed by atoms with Crippen LogP contribution in [0.1, 0.15) is 5.82 Å². The third-order valence-electron chi connectivity index (χ3n) is 2.91. The number of benzene rings is 1. The van der Waals surface area contributed by atoms with E-state index in [0.717, 1.165) is 30.9 Å². The van der Waals surface area contributed by atoms with E-state index in [1.807, 2.05) is 24.3 Å². The molecule has 1 aromatic carbocycles. The van der Waals surface area contributed by atoms with Gasteiger partial charge in [0.25, 0.3) is 5.89 Å². The summed E-state index contributed by atoms with van der Waals surface area (Å²) in [6.07, 6.45) is 0.862. The van der Waals surface area contributed by atoms with Crippen LogP contribution in [0.15, 0.2) is 28.8 Å². The quantitative estimate of drug-likeness (QED) is 0.906. The zero-order valence-corrected chi connectivity index (χ0v) is 9.94. The van der Waals surface area contributed by atoms with Crippen molar-refractivity contribution in [3.05, 3.63) is 35.1 Å². The molecule has 1 N–H and O–H groups in total. The van der Waals surface area contributed by atoms with Gasteiger partial charge < -0.3 is 9.84 Å². The summed E-state index contributed by atoms with van der Waals surface area (Å²) in [5, 5.41) is 7.84. The zero-order chi connectivity index (χ0) is 11.7. The van der Waals surface area contributed by atoms with Crippen LogP contribution in [-0.4, -0.2) is 23.2 Å². The van der Waals surface area contributed by atoms with Crippen molar-refractivity contribution in [1.29, 1.82) is 0 Å². The van der Waals surface area contributed by atoms with E-state index in [1.54, 1.807) is 0 Å². The summed E-state index contributed by atoms with van der Waals surface area (Å²) in [5.74, 6) is 1.89. The average Bonchev–Trinajstić information content (AvgIpc) is 2.73. The topological polar surface area (TPSA) is 51.0 Å². The lowest BCUT2D eigenvalue weighted by Gasteiger charge is -2.25. The SMILES string of the molecule is Clc1ccccc1-c1nc(CC2CNC2)no1. The van der Waals surface area contributed by atoms with E-state index in [9.17, 15) is 0 Å². The summed E-state index contributed by atoms with van der Waals surface area (Å²) < 4.78 is 5.24. The molecule has 5 heteroatoms. The molecule has 1 saturated heterocycles. The minimum Gasteiger partial charge on any atom is -0.334 e. The molecule has 0 aliphatic carbocycles. The van der Waals surface area contributed by atoms with Crippen molar-refractivity contribution in [2.75, 3.05) is 13.1 Å². The van der Waals surface area contributed by atoms with Gasteiger partial charge in [0.2, 0.25) is 0 Å². The van der Waals surface area contributed by atoms with Gasteiger partial charge in [0, 0.05) is 6.42 Å². The molecule has 0 spiro atoms. The first-order valence-corrected chi connectivity index (χ1v) is 5.99. The van der Waals surface area contributed by atoms with Crippen molar-refractivity contribution < 1.29 is 4.52 Å². The summed E-state index contributed by atoms with van der Waals surface area (Å²) in [6.45, 7) is 2.08. The predicted octanol–water partition coefficient (Wildman–Crippen LogP) is 2.15. The Balaban J connectivity index is 1.82. The highest BCUT2D eigenvalue weighted by atomic mass is 35.5. The standard InChI is InChI=1S/C12H12ClN3O/c13-10-4-2-1-3-9(10)12-15-11(16-17-12)5-8-6-14-7-8/h1-4,8,14H,5-7H2. The van der Waals surface area contributed by atoms with Crippen LogP contribution in [-0.2, 0) is 6.42 Å². The van der Waals surface area contributed by atoms with Gasteiger partial charge in [-0.15, -0.1) is 0 Å². The van der Waals surface area contributed by atoms with Gasteiger partial charge in [-0.25, -0.2) is 0 Å². The molecule has 3 rings (SSSR count). The fraction of sp³-hybridized carbons (Fsp3) is 0.333. The highest BCUT2D eigenvalue weighted by Gasteiger charge is 2.20. The highest BCUT2D eigenvalue weighted by molar-refractivity contribution is 6.33.